The van der Waals surface area contributed by atoms with Gasteiger partial charge in [-0.3, -0.25) is 9.88 Å². The second kappa shape index (κ2) is 10.5. The van der Waals surface area contributed by atoms with Gasteiger partial charge in [0.05, 0.1) is 26.1 Å². The van der Waals surface area contributed by atoms with Crippen LogP contribution in [0.5, 0.6) is 5.75 Å². The summed E-state index contributed by atoms with van der Waals surface area (Å²) in [5.41, 5.74) is 0.280. The fourth-order valence-electron chi connectivity index (χ4n) is 3.93. The Kier molecular flexibility index (Phi) is 7.22. The van der Waals surface area contributed by atoms with Crippen LogP contribution in [0.1, 0.15) is 12.8 Å². The number of benzene rings is 2. The van der Waals surface area contributed by atoms with Gasteiger partial charge >= 0.3 is 5.97 Å². The lowest BCUT2D eigenvalue weighted by molar-refractivity contribution is -0.144. The molecule has 1 N–H and O–H groups in total. The Morgan fingerprint density at radius 2 is 1.76 bits per heavy atom. The average Bonchev–Trinajstić information content (AvgIpc) is 2.86. The summed E-state index contributed by atoms with van der Waals surface area (Å²) in [6.07, 6.45) is 3.82. The number of hydrogen-bond donors (Lipinski definition) is 1. The number of carboxylic acids is 1. The summed E-state index contributed by atoms with van der Waals surface area (Å²) in [6, 6.07) is 17.5. The molecule has 1 saturated heterocycles. The number of methoxy groups -OCH3 is 1. The molecule has 2 heterocycles. The average molecular weight is 467 g/mol. The van der Waals surface area contributed by atoms with Gasteiger partial charge in [-0.2, -0.15) is 0 Å². The molecule has 0 atom stereocenters. The normalized spacial score (nSPS) is 15.1. The van der Waals surface area contributed by atoms with E-state index in [1.54, 1.807) is 19.5 Å². The number of alkyl halides is 1. The van der Waals surface area contributed by atoms with E-state index in [1.165, 1.54) is 0 Å². The molecule has 0 saturated carbocycles. The van der Waals surface area contributed by atoms with Gasteiger partial charge in [0.1, 0.15) is 23.8 Å². The topological polar surface area (TPSA) is 88.0 Å². The van der Waals surface area contributed by atoms with Gasteiger partial charge in [-0.1, -0.05) is 18.2 Å². The summed E-state index contributed by atoms with van der Waals surface area (Å²) < 4.78 is 25.3. The molecular weight excluding hydrogens is 439 g/mol. The fourth-order valence-corrected chi connectivity index (χ4v) is 3.93. The van der Waals surface area contributed by atoms with Crippen molar-refractivity contribution in [3.8, 4) is 5.75 Å². The first-order valence-electron chi connectivity index (χ1n) is 11.0. The van der Waals surface area contributed by atoms with Gasteiger partial charge in [0.2, 0.25) is 0 Å². The highest BCUT2D eigenvalue weighted by atomic mass is 19.1. The maximum absolute atomic E-state index is 15.0. The van der Waals surface area contributed by atoms with E-state index in [-0.39, 0.29) is 19.4 Å². The molecule has 9 heteroatoms. The minimum Gasteiger partial charge on any atom is -0.497 e. The molecule has 1 aliphatic rings. The first-order valence-corrected chi connectivity index (χ1v) is 11.0. The third-order valence-electron chi connectivity index (χ3n) is 5.75. The van der Waals surface area contributed by atoms with Gasteiger partial charge in [-0.25, -0.2) is 14.2 Å². The second-order valence-electron chi connectivity index (χ2n) is 8.13. The molecule has 1 aromatic heterocycles. The third-order valence-corrected chi connectivity index (χ3v) is 5.75. The number of aromatic nitrogens is 2. The minimum atomic E-state index is -1.55. The van der Waals surface area contributed by atoms with Crippen LogP contribution in [0.2, 0.25) is 0 Å². The predicted molar refractivity (Wildman–Crippen MR) is 127 cm³/mol. The number of aliphatic carboxylic acids is 1. The Hall–Kier alpha value is -3.72. The Labute approximate surface area is 197 Å². The summed E-state index contributed by atoms with van der Waals surface area (Å²) in [5.74, 6) is 0.941. The van der Waals surface area contributed by atoms with Crippen LogP contribution in [0, 0.1) is 0 Å². The molecule has 34 heavy (non-hydrogen) atoms. The zero-order chi connectivity index (χ0) is 24.0. The molecule has 3 aromatic rings. The number of nitrogens with zero attached hydrogens (tertiary/aromatic N) is 4. The van der Waals surface area contributed by atoms with Crippen LogP contribution in [-0.2, 0) is 9.53 Å². The molecule has 0 bridgehead atoms. The van der Waals surface area contributed by atoms with Crippen molar-refractivity contribution in [2.45, 2.75) is 18.5 Å². The highest BCUT2D eigenvalue weighted by Gasteiger charge is 2.35. The second-order valence-corrected chi connectivity index (χ2v) is 8.13. The van der Waals surface area contributed by atoms with Crippen LogP contribution in [0.25, 0.3) is 0 Å². The van der Waals surface area contributed by atoms with Crippen molar-refractivity contribution in [2.75, 3.05) is 43.2 Å². The molecule has 0 aliphatic carbocycles. The summed E-state index contributed by atoms with van der Waals surface area (Å²) in [7, 11) is 1.63. The number of carboxylic acid groups (broad SMARTS) is 1. The standard InChI is InChI=1S/C25H27FN4O4/c1-33-21-9-7-20(8-10-21)30(19-5-3-2-4-6-19)23-16-27-15-22(28-23)29-13-11-25(26,12-14-29)18-34-17-24(31)32/h2-10,15-16H,11-14,17-18H2,1H3,(H,31,32). The molecule has 1 aliphatic heterocycles. The van der Waals surface area contributed by atoms with Crippen LogP contribution < -0.4 is 14.5 Å². The van der Waals surface area contributed by atoms with Crippen molar-refractivity contribution in [3.05, 3.63) is 67.0 Å². The zero-order valence-electron chi connectivity index (χ0n) is 18.9. The monoisotopic (exact) mass is 466 g/mol. The van der Waals surface area contributed by atoms with E-state index >= 15 is 4.39 Å². The van der Waals surface area contributed by atoms with Crippen LogP contribution in [0.15, 0.2) is 67.0 Å². The molecule has 1 fully saturated rings. The summed E-state index contributed by atoms with van der Waals surface area (Å²) in [6.45, 7) is 0.138. The smallest absolute Gasteiger partial charge is 0.329 e. The van der Waals surface area contributed by atoms with Gasteiger partial charge in [-0.15, -0.1) is 0 Å². The number of carbonyl (C=O) groups is 1. The molecule has 8 nitrogen and oxygen atoms in total. The van der Waals surface area contributed by atoms with Gasteiger partial charge in [-0.05, 0) is 36.4 Å². The number of ether oxygens (including phenoxy) is 2. The maximum atomic E-state index is 15.0. The van der Waals surface area contributed by atoms with E-state index in [9.17, 15) is 4.79 Å². The lowest BCUT2D eigenvalue weighted by atomic mass is 9.94. The number of anilines is 4. The van der Waals surface area contributed by atoms with Gasteiger partial charge in [0.15, 0.2) is 5.82 Å². The number of halogens is 1. The van der Waals surface area contributed by atoms with Crippen molar-refractivity contribution in [3.63, 3.8) is 0 Å². The van der Waals surface area contributed by atoms with Crippen molar-refractivity contribution in [2.24, 2.45) is 0 Å². The first-order chi connectivity index (χ1) is 16.5. The largest absolute Gasteiger partial charge is 0.497 e. The molecular formula is C25H27FN4O4. The lowest BCUT2D eigenvalue weighted by Crippen LogP contribution is -2.45. The molecule has 2 aromatic carbocycles. The van der Waals surface area contributed by atoms with Crippen molar-refractivity contribution in [1.29, 1.82) is 0 Å². The Bertz CT molecular complexity index is 1090. The third kappa shape index (κ3) is 5.60. The molecule has 0 radical (unpaired) electrons. The maximum Gasteiger partial charge on any atom is 0.329 e. The zero-order valence-corrected chi connectivity index (χ0v) is 18.9. The summed E-state index contributed by atoms with van der Waals surface area (Å²) >= 11 is 0. The van der Waals surface area contributed by atoms with E-state index in [0.717, 1.165) is 17.1 Å². The number of para-hydroxylation sites is 1. The predicted octanol–water partition coefficient (Wildman–Crippen LogP) is 4.36. The fraction of sp³-hybridized carbons (Fsp3) is 0.320. The Morgan fingerprint density at radius 3 is 2.41 bits per heavy atom. The summed E-state index contributed by atoms with van der Waals surface area (Å²) in [5, 5.41) is 8.70. The molecule has 0 spiro atoms. The van der Waals surface area contributed by atoms with Crippen molar-refractivity contribution in [1.82, 2.24) is 9.97 Å². The van der Waals surface area contributed by atoms with Crippen LogP contribution in [-0.4, -0.2) is 60.1 Å². The SMILES string of the molecule is COc1ccc(N(c2ccccc2)c2cncc(N3CCC(F)(COCC(=O)O)CC3)n2)cc1. The summed E-state index contributed by atoms with van der Waals surface area (Å²) in [4.78, 5) is 23.9. The Morgan fingerprint density at radius 1 is 1.09 bits per heavy atom. The van der Waals surface area contributed by atoms with Crippen molar-refractivity contribution < 1.29 is 23.8 Å². The highest BCUT2D eigenvalue weighted by molar-refractivity contribution is 5.74. The van der Waals surface area contributed by atoms with Gasteiger partial charge in [0.25, 0.3) is 0 Å². The molecule has 0 amide bonds. The highest BCUT2D eigenvalue weighted by Crippen LogP contribution is 2.35. The van der Waals surface area contributed by atoms with Gasteiger partial charge in [0, 0.05) is 37.3 Å². The molecule has 178 valence electrons. The van der Waals surface area contributed by atoms with E-state index < -0.39 is 18.2 Å². The number of piperidine rings is 1. The minimum absolute atomic E-state index is 0.222. The van der Waals surface area contributed by atoms with Crippen LogP contribution >= 0.6 is 0 Å². The van der Waals surface area contributed by atoms with E-state index in [0.29, 0.717) is 24.7 Å². The van der Waals surface area contributed by atoms with E-state index in [4.69, 9.17) is 19.6 Å². The van der Waals surface area contributed by atoms with E-state index in [1.807, 2.05) is 64.4 Å². The quantitative estimate of drug-likeness (QED) is 0.498. The van der Waals surface area contributed by atoms with E-state index in [2.05, 4.69) is 4.98 Å². The number of rotatable bonds is 9. The lowest BCUT2D eigenvalue weighted by Gasteiger charge is -2.36. The molecule has 4 rings (SSSR count). The van der Waals surface area contributed by atoms with Crippen LogP contribution in [0.3, 0.4) is 0 Å². The van der Waals surface area contributed by atoms with Crippen LogP contribution in [0.4, 0.5) is 27.4 Å². The first kappa shape index (κ1) is 23.4. The number of hydrogen-bond acceptors (Lipinski definition) is 7. The van der Waals surface area contributed by atoms with Gasteiger partial charge < -0.3 is 19.5 Å². The van der Waals surface area contributed by atoms with Crippen molar-refractivity contribution >= 4 is 29.0 Å². The molecule has 0 unspecified atom stereocenters. The Balaban J connectivity index is 1.54.